The average Bonchev–Trinajstić information content (AvgIpc) is 3.65. The summed E-state index contributed by atoms with van der Waals surface area (Å²) in [5.41, 5.74) is 7.79. The van der Waals surface area contributed by atoms with Crippen molar-refractivity contribution in [2.24, 2.45) is 11.8 Å². The number of likely N-dealkylation sites (tertiary alicyclic amines) is 1. The van der Waals surface area contributed by atoms with E-state index in [1.807, 2.05) is 44.5 Å². The largest absolute Gasteiger partial charge is 0.399 e. The van der Waals surface area contributed by atoms with E-state index in [1.165, 1.54) is 11.6 Å². The van der Waals surface area contributed by atoms with Crippen molar-refractivity contribution in [3.8, 4) is 0 Å². The number of methoxy groups -OCH3 is 2. The van der Waals surface area contributed by atoms with Crippen LogP contribution in [0.25, 0.3) is 0 Å². The summed E-state index contributed by atoms with van der Waals surface area (Å²) in [6.45, 7) is 9.22. The van der Waals surface area contributed by atoms with Crippen molar-refractivity contribution < 1.29 is 33.0 Å². The first-order valence-electron chi connectivity index (χ1n) is 20.0. The van der Waals surface area contributed by atoms with Crippen LogP contribution in [0.2, 0.25) is 0 Å². The zero-order valence-electron chi connectivity index (χ0n) is 34.4. The normalized spacial score (nSPS) is 18.4. The molecule has 6 unspecified atom stereocenters. The second-order valence-electron chi connectivity index (χ2n) is 15.5. The van der Waals surface area contributed by atoms with E-state index in [1.54, 1.807) is 38.3 Å². The Morgan fingerprint density at radius 3 is 2.40 bits per heavy atom. The summed E-state index contributed by atoms with van der Waals surface area (Å²) in [6, 6.07) is 3.36. The number of nitrogens with two attached hydrogens (primary N) is 1. The van der Waals surface area contributed by atoms with E-state index in [-0.39, 0.29) is 66.7 Å². The Kier molecular flexibility index (Phi) is 18.8. The zero-order chi connectivity index (χ0) is 40.7. The third-order valence-electron chi connectivity index (χ3n) is 11.3. The quantitative estimate of drug-likeness (QED) is 0.147. The Morgan fingerprint density at radius 2 is 1.78 bits per heavy atom. The first kappa shape index (κ1) is 45.6. The number of allylic oxidation sites excluding steroid dienone is 3. The molecule has 55 heavy (non-hydrogen) atoms. The summed E-state index contributed by atoms with van der Waals surface area (Å²) in [7, 11) is 6.64. The van der Waals surface area contributed by atoms with Crippen LogP contribution in [-0.4, -0.2) is 123 Å². The highest BCUT2D eigenvalue weighted by Gasteiger charge is 2.40. The molecule has 1 saturated heterocycles. The van der Waals surface area contributed by atoms with Crippen LogP contribution in [-0.2, 0) is 35.1 Å². The average molecular weight is 771 g/mol. The van der Waals surface area contributed by atoms with E-state index in [0.29, 0.717) is 37.3 Å². The number of nitrogen functional groups attached to an aromatic ring is 1. The summed E-state index contributed by atoms with van der Waals surface area (Å²) in [4.78, 5) is 59.3. The number of halogens is 1. The van der Waals surface area contributed by atoms with E-state index in [9.17, 15) is 23.6 Å². The third kappa shape index (κ3) is 13.4. The molecule has 1 fully saturated rings. The Balaban J connectivity index is 1.60. The first-order valence-corrected chi connectivity index (χ1v) is 20.0. The molecule has 13 heteroatoms. The van der Waals surface area contributed by atoms with Crippen molar-refractivity contribution in [1.29, 1.82) is 0 Å². The molecule has 1 aromatic rings. The molecule has 4 amide bonds. The molecule has 2 aliphatic rings. The summed E-state index contributed by atoms with van der Waals surface area (Å²) in [6.07, 6.45) is 11.1. The number of anilines is 1. The van der Waals surface area contributed by atoms with Crippen LogP contribution in [0.15, 0.2) is 42.0 Å². The maximum absolute atomic E-state index is 14.4. The Labute approximate surface area is 328 Å². The van der Waals surface area contributed by atoms with Gasteiger partial charge >= 0.3 is 0 Å². The topological polar surface area (TPSA) is 147 Å². The number of benzene rings is 1. The number of likely N-dealkylation sites (N-methyl/N-ethyl adjacent to an activating group) is 2. The Morgan fingerprint density at radius 1 is 1.04 bits per heavy atom. The van der Waals surface area contributed by atoms with E-state index in [0.717, 1.165) is 38.5 Å². The summed E-state index contributed by atoms with van der Waals surface area (Å²) in [5, 5.41) is 5.85. The number of hydrogen-bond acceptors (Lipinski definition) is 8. The van der Waals surface area contributed by atoms with Crippen molar-refractivity contribution in [1.82, 2.24) is 25.3 Å². The van der Waals surface area contributed by atoms with Gasteiger partial charge in [-0.15, -0.1) is 0 Å². The first-order chi connectivity index (χ1) is 26.2. The highest BCUT2D eigenvalue weighted by atomic mass is 19.1. The van der Waals surface area contributed by atoms with Gasteiger partial charge in [-0.2, -0.15) is 0 Å². The molecule has 0 saturated carbocycles. The van der Waals surface area contributed by atoms with Crippen LogP contribution in [0.4, 0.5) is 10.1 Å². The lowest BCUT2D eigenvalue weighted by molar-refractivity contribution is -0.144. The van der Waals surface area contributed by atoms with Gasteiger partial charge in [0.2, 0.25) is 23.6 Å². The molecule has 4 N–H and O–H groups in total. The van der Waals surface area contributed by atoms with Gasteiger partial charge in [0.05, 0.1) is 49.7 Å². The molecule has 1 aromatic carbocycles. The molecule has 12 nitrogen and oxygen atoms in total. The van der Waals surface area contributed by atoms with Gasteiger partial charge in [0, 0.05) is 46.6 Å². The number of ether oxygens (including phenoxy) is 2. The van der Waals surface area contributed by atoms with E-state index >= 15 is 0 Å². The minimum absolute atomic E-state index is 0.0182. The van der Waals surface area contributed by atoms with Gasteiger partial charge in [0.25, 0.3) is 0 Å². The monoisotopic (exact) mass is 771 g/mol. The molecule has 1 aliphatic carbocycles. The van der Waals surface area contributed by atoms with Gasteiger partial charge in [-0.05, 0) is 75.1 Å². The van der Waals surface area contributed by atoms with Gasteiger partial charge in [-0.1, -0.05) is 64.0 Å². The van der Waals surface area contributed by atoms with Crippen LogP contribution in [0.5, 0.6) is 0 Å². The number of nitrogens with one attached hydrogen (secondary N) is 2. The van der Waals surface area contributed by atoms with Gasteiger partial charge < -0.3 is 35.6 Å². The summed E-state index contributed by atoms with van der Waals surface area (Å²) < 4.78 is 26.1. The predicted molar refractivity (Wildman–Crippen MR) is 214 cm³/mol. The summed E-state index contributed by atoms with van der Waals surface area (Å²) in [5.74, 6) is -1.29. The Bertz CT molecular complexity index is 1490. The molecular weight excluding hydrogens is 703 g/mol. The predicted octanol–water partition coefficient (Wildman–Crippen LogP) is 4.48. The lowest BCUT2D eigenvalue weighted by Crippen LogP contribution is -2.55. The summed E-state index contributed by atoms with van der Waals surface area (Å²) >= 11 is 0. The Hall–Kier alpha value is -3.81. The maximum atomic E-state index is 14.4. The highest BCUT2D eigenvalue weighted by Crippen LogP contribution is 2.28. The van der Waals surface area contributed by atoms with Gasteiger partial charge in [-0.3, -0.25) is 24.1 Å². The lowest BCUT2D eigenvalue weighted by Gasteiger charge is -2.39. The molecule has 3 rings (SSSR count). The fourth-order valence-corrected chi connectivity index (χ4v) is 7.96. The molecule has 0 spiro atoms. The fraction of sp³-hybridized carbons (Fsp3) is 0.667. The van der Waals surface area contributed by atoms with Crippen molar-refractivity contribution in [2.75, 3.05) is 60.2 Å². The maximum Gasteiger partial charge on any atom is 0.242 e. The number of hydrogen-bond donors (Lipinski definition) is 3. The number of nitrogens with zero attached hydrogens (tertiary/aromatic N) is 3. The third-order valence-corrected chi connectivity index (χ3v) is 11.3. The molecule has 0 bridgehead atoms. The minimum atomic E-state index is -0.607. The zero-order valence-corrected chi connectivity index (χ0v) is 34.4. The molecule has 6 atom stereocenters. The smallest absolute Gasteiger partial charge is 0.242 e. The van der Waals surface area contributed by atoms with Crippen LogP contribution in [0.1, 0.15) is 84.6 Å². The van der Waals surface area contributed by atoms with E-state index in [2.05, 4.69) is 28.9 Å². The van der Waals surface area contributed by atoms with Crippen LogP contribution in [0.3, 0.4) is 0 Å². The molecular formula is C42H67FN6O6. The SMILES string of the molecule is CCC(C)C(C(CC(=O)N1CCCC1C(CC(=O)NCCC1=CCCC=C1)OC)OC)N(C)C(=O)CNC(=O)C(C(C)C)N(C)CCc1ccc(N)cc1F. The van der Waals surface area contributed by atoms with Crippen molar-refractivity contribution >= 4 is 29.3 Å². The molecule has 1 aliphatic heterocycles. The second kappa shape index (κ2) is 22.7. The van der Waals surface area contributed by atoms with Crippen molar-refractivity contribution in [3.63, 3.8) is 0 Å². The standard InChI is InChI=1S/C42H67FN6O6/c1-9-29(4)41(48(6)39(52)27-46-42(53)40(28(2)3)47(5)23-20-31-17-18-32(44)24-33(31)43)36(55-8)26-38(51)49-22-13-16-34(49)35(54-7)25-37(50)45-21-19-30-14-11-10-12-15-30/h11,14-15,17-18,24,28-29,34-36,40-41H,9-10,12-13,16,19-23,25-27,44H2,1-8H3,(H,45,50)(H,46,53). The molecule has 0 aromatic heterocycles. The highest BCUT2D eigenvalue weighted by molar-refractivity contribution is 5.87. The number of carbonyl (C=O) groups excluding carboxylic acids is 4. The van der Waals surface area contributed by atoms with Gasteiger partial charge in [0.1, 0.15) is 5.82 Å². The van der Waals surface area contributed by atoms with Gasteiger partial charge in [-0.25, -0.2) is 4.39 Å². The lowest BCUT2D eigenvalue weighted by atomic mass is 9.90. The second-order valence-corrected chi connectivity index (χ2v) is 15.5. The molecule has 0 radical (unpaired) electrons. The minimum Gasteiger partial charge on any atom is -0.399 e. The number of amides is 4. The van der Waals surface area contributed by atoms with Crippen LogP contribution in [0, 0.1) is 17.7 Å². The number of rotatable bonds is 22. The molecule has 308 valence electrons. The van der Waals surface area contributed by atoms with Gasteiger partial charge in [0.15, 0.2) is 0 Å². The van der Waals surface area contributed by atoms with E-state index in [4.69, 9.17) is 15.2 Å². The van der Waals surface area contributed by atoms with Crippen molar-refractivity contribution in [3.05, 3.63) is 53.4 Å². The van der Waals surface area contributed by atoms with Crippen LogP contribution >= 0.6 is 0 Å². The van der Waals surface area contributed by atoms with Crippen LogP contribution < -0.4 is 16.4 Å². The van der Waals surface area contributed by atoms with Crippen molar-refractivity contribution in [2.45, 2.75) is 116 Å². The molecule has 1 heterocycles. The number of carbonyl (C=O) groups is 4. The fourth-order valence-electron chi connectivity index (χ4n) is 7.96. The van der Waals surface area contributed by atoms with E-state index < -0.39 is 24.3 Å².